The molecule has 21 heavy (non-hydrogen) atoms. The zero-order valence-corrected chi connectivity index (χ0v) is 14.0. The van der Waals surface area contributed by atoms with Gasteiger partial charge in [-0.1, -0.05) is 13.0 Å². The SMILES string of the molecule is CCC(=O)Nc1ccc(C)c(NC(C)CC(C)(C)OC)c1. The Balaban J connectivity index is 2.78. The lowest BCUT2D eigenvalue weighted by Crippen LogP contribution is -2.31. The van der Waals surface area contributed by atoms with Crippen LogP contribution >= 0.6 is 0 Å². The van der Waals surface area contributed by atoms with Crippen LogP contribution in [-0.2, 0) is 9.53 Å². The standard InChI is InChI=1S/C17H28N2O2/c1-7-16(20)19-14-9-8-12(2)15(10-14)18-13(3)11-17(4,5)21-6/h8-10,13,18H,7,11H2,1-6H3,(H,19,20). The van der Waals surface area contributed by atoms with Crippen molar-refractivity contribution in [3.63, 3.8) is 0 Å². The Labute approximate surface area is 128 Å². The lowest BCUT2D eigenvalue weighted by atomic mass is 9.99. The van der Waals surface area contributed by atoms with Crippen molar-refractivity contribution in [1.29, 1.82) is 0 Å². The third-order valence-electron chi connectivity index (χ3n) is 3.59. The Morgan fingerprint density at radius 1 is 1.38 bits per heavy atom. The molecule has 0 heterocycles. The number of hydrogen-bond acceptors (Lipinski definition) is 3. The Morgan fingerprint density at radius 2 is 2.05 bits per heavy atom. The molecule has 0 aromatic heterocycles. The summed E-state index contributed by atoms with van der Waals surface area (Å²) in [6.45, 7) is 10.2. The first kappa shape index (κ1) is 17.5. The average molecular weight is 292 g/mol. The van der Waals surface area contributed by atoms with E-state index in [1.165, 1.54) is 0 Å². The van der Waals surface area contributed by atoms with Gasteiger partial charge in [0.15, 0.2) is 0 Å². The van der Waals surface area contributed by atoms with E-state index in [0.29, 0.717) is 6.42 Å². The smallest absolute Gasteiger partial charge is 0.224 e. The van der Waals surface area contributed by atoms with Crippen molar-refractivity contribution in [2.75, 3.05) is 17.7 Å². The van der Waals surface area contributed by atoms with Crippen LogP contribution in [0.25, 0.3) is 0 Å². The highest BCUT2D eigenvalue weighted by Crippen LogP contribution is 2.24. The number of carbonyl (C=O) groups excluding carboxylic acids is 1. The maximum absolute atomic E-state index is 11.5. The average Bonchev–Trinajstić information content (AvgIpc) is 2.41. The molecule has 0 saturated carbocycles. The number of aryl methyl sites for hydroxylation is 1. The summed E-state index contributed by atoms with van der Waals surface area (Å²) in [6, 6.07) is 6.20. The van der Waals surface area contributed by atoms with Crippen LogP contribution in [0.4, 0.5) is 11.4 Å². The van der Waals surface area contributed by atoms with Gasteiger partial charge in [-0.15, -0.1) is 0 Å². The summed E-state index contributed by atoms with van der Waals surface area (Å²) in [5, 5.41) is 6.39. The molecule has 4 heteroatoms. The van der Waals surface area contributed by atoms with E-state index in [2.05, 4.69) is 38.3 Å². The topological polar surface area (TPSA) is 50.4 Å². The molecule has 0 spiro atoms. The Kier molecular flexibility index (Phi) is 6.21. The van der Waals surface area contributed by atoms with E-state index in [0.717, 1.165) is 23.4 Å². The van der Waals surface area contributed by atoms with Crippen LogP contribution in [0.1, 0.15) is 46.1 Å². The van der Waals surface area contributed by atoms with Gasteiger partial charge < -0.3 is 15.4 Å². The van der Waals surface area contributed by atoms with Gasteiger partial charge in [-0.3, -0.25) is 4.79 Å². The molecule has 118 valence electrons. The van der Waals surface area contributed by atoms with E-state index in [4.69, 9.17) is 4.74 Å². The number of nitrogens with one attached hydrogen (secondary N) is 2. The van der Waals surface area contributed by atoms with E-state index < -0.39 is 0 Å². The van der Waals surface area contributed by atoms with Crippen molar-refractivity contribution >= 4 is 17.3 Å². The fourth-order valence-corrected chi connectivity index (χ4v) is 2.24. The van der Waals surface area contributed by atoms with Crippen LogP contribution in [0.3, 0.4) is 0 Å². The number of carbonyl (C=O) groups is 1. The molecule has 0 aliphatic carbocycles. The van der Waals surface area contributed by atoms with E-state index >= 15 is 0 Å². The van der Waals surface area contributed by atoms with Crippen molar-refractivity contribution in [3.8, 4) is 0 Å². The largest absolute Gasteiger partial charge is 0.382 e. The summed E-state index contributed by atoms with van der Waals surface area (Å²) < 4.78 is 5.47. The van der Waals surface area contributed by atoms with Crippen molar-refractivity contribution in [3.05, 3.63) is 23.8 Å². The minimum absolute atomic E-state index is 0.0263. The van der Waals surface area contributed by atoms with E-state index in [-0.39, 0.29) is 17.6 Å². The van der Waals surface area contributed by atoms with Gasteiger partial charge in [-0.2, -0.15) is 0 Å². The predicted octanol–water partition coefficient (Wildman–Crippen LogP) is 3.96. The highest BCUT2D eigenvalue weighted by atomic mass is 16.5. The lowest BCUT2D eigenvalue weighted by Gasteiger charge is -2.28. The predicted molar refractivity (Wildman–Crippen MR) is 88.9 cm³/mol. The van der Waals surface area contributed by atoms with Gasteiger partial charge in [0.05, 0.1) is 5.60 Å². The van der Waals surface area contributed by atoms with Gasteiger partial charge in [0.25, 0.3) is 0 Å². The summed E-state index contributed by atoms with van der Waals surface area (Å²) in [4.78, 5) is 11.5. The molecule has 0 fully saturated rings. The summed E-state index contributed by atoms with van der Waals surface area (Å²) >= 11 is 0. The van der Waals surface area contributed by atoms with Crippen molar-refractivity contribution < 1.29 is 9.53 Å². The second kappa shape index (κ2) is 7.46. The molecule has 1 aromatic carbocycles. The summed E-state index contributed by atoms with van der Waals surface area (Å²) in [5.41, 5.74) is 2.87. The Hall–Kier alpha value is -1.55. The molecule has 0 bridgehead atoms. The minimum Gasteiger partial charge on any atom is -0.382 e. The second-order valence-electron chi connectivity index (χ2n) is 6.14. The van der Waals surface area contributed by atoms with Crippen LogP contribution < -0.4 is 10.6 Å². The first-order valence-corrected chi connectivity index (χ1v) is 7.49. The summed E-state index contributed by atoms with van der Waals surface area (Å²) in [6.07, 6.45) is 1.38. The number of amides is 1. The van der Waals surface area contributed by atoms with E-state index in [1.54, 1.807) is 7.11 Å². The number of anilines is 2. The molecule has 1 unspecified atom stereocenters. The maximum Gasteiger partial charge on any atom is 0.224 e. The molecule has 1 aromatic rings. The van der Waals surface area contributed by atoms with Gasteiger partial charge >= 0.3 is 0 Å². The quantitative estimate of drug-likeness (QED) is 0.799. The molecule has 0 aliphatic rings. The first-order chi connectivity index (χ1) is 9.77. The Bertz CT molecular complexity index is 484. The third kappa shape index (κ3) is 5.76. The zero-order chi connectivity index (χ0) is 16.0. The molecule has 2 N–H and O–H groups in total. The normalized spacial score (nSPS) is 12.9. The highest BCUT2D eigenvalue weighted by Gasteiger charge is 2.20. The fraction of sp³-hybridized carbons (Fsp3) is 0.588. The van der Waals surface area contributed by atoms with Gasteiger partial charge in [0.2, 0.25) is 5.91 Å². The Morgan fingerprint density at radius 3 is 2.62 bits per heavy atom. The molecule has 1 amide bonds. The minimum atomic E-state index is -0.158. The molecular formula is C17H28N2O2. The van der Waals surface area contributed by atoms with E-state index in [9.17, 15) is 4.79 Å². The van der Waals surface area contributed by atoms with Crippen LogP contribution in [-0.4, -0.2) is 24.7 Å². The third-order valence-corrected chi connectivity index (χ3v) is 3.59. The molecular weight excluding hydrogens is 264 g/mol. The highest BCUT2D eigenvalue weighted by molar-refractivity contribution is 5.91. The van der Waals surface area contributed by atoms with Crippen LogP contribution in [0, 0.1) is 6.92 Å². The molecule has 1 rings (SSSR count). The van der Waals surface area contributed by atoms with Gasteiger partial charge in [-0.05, 0) is 51.8 Å². The van der Waals surface area contributed by atoms with Crippen LogP contribution in [0.5, 0.6) is 0 Å². The molecule has 0 saturated heterocycles. The number of ether oxygens (including phenoxy) is 1. The van der Waals surface area contributed by atoms with Gasteiger partial charge in [-0.25, -0.2) is 0 Å². The number of hydrogen-bond donors (Lipinski definition) is 2. The van der Waals surface area contributed by atoms with Gasteiger partial charge in [0.1, 0.15) is 0 Å². The number of benzene rings is 1. The number of rotatable bonds is 7. The summed E-state index contributed by atoms with van der Waals surface area (Å²) in [7, 11) is 1.73. The molecule has 0 aliphatic heterocycles. The maximum atomic E-state index is 11.5. The number of methoxy groups -OCH3 is 1. The van der Waals surface area contributed by atoms with E-state index in [1.807, 2.05) is 25.1 Å². The molecule has 4 nitrogen and oxygen atoms in total. The lowest BCUT2D eigenvalue weighted by molar-refractivity contribution is -0.115. The van der Waals surface area contributed by atoms with Crippen molar-refractivity contribution in [2.24, 2.45) is 0 Å². The van der Waals surface area contributed by atoms with Crippen LogP contribution in [0.15, 0.2) is 18.2 Å². The first-order valence-electron chi connectivity index (χ1n) is 7.49. The molecule has 0 radical (unpaired) electrons. The second-order valence-corrected chi connectivity index (χ2v) is 6.14. The molecule has 1 atom stereocenters. The van der Waals surface area contributed by atoms with Crippen molar-refractivity contribution in [2.45, 2.75) is 59.1 Å². The van der Waals surface area contributed by atoms with Crippen LogP contribution in [0.2, 0.25) is 0 Å². The zero-order valence-electron chi connectivity index (χ0n) is 14.0. The van der Waals surface area contributed by atoms with Gasteiger partial charge in [0, 0.05) is 30.9 Å². The summed E-state index contributed by atoms with van der Waals surface area (Å²) in [5.74, 6) is 0.0263. The fourth-order valence-electron chi connectivity index (χ4n) is 2.24. The monoisotopic (exact) mass is 292 g/mol. The van der Waals surface area contributed by atoms with Crippen molar-refractivity contribution in [1.82, 2.24) is 0 Å².